The van der Waals surface area contributed by atoms with Crippen molar-refractivity contribution in [3.63, 3.8) is 0 Å². The molecule has 0 radical (unpaired) electrons. The summed E-state index contributed by atoms with van der Waals surface area (Å²) in [4.78, 5) is 1.16. The second-order valence-electron chi connectivity index (χ2n) is 3.56. The minimum atomic E-state index is -0.135. The number of aryl methyl sites for hydroxylation is 1. The van der Waals surface area contributed by atoms with E-state index in [1.807, 2.05) is 7.05 Å². The van der Waals surface area contributed by atoms with E-state index in [-0.39, 0.29) is 6.04 Å². The molecule has 0 fully saturated rings. The first-order valence-electron chi connectivity index (χ1n) is 4.83. The zero-order chi connectivity index (χ0) is 11.1. The fraction of sp³-hybridized carbons (Fsp3) is 0.200. The average Bonchev–Trinajstić information content (AvgIpc) is 2.89. The molecule has 3 aromatic rings. The molecule has 0 saturated heterocycles. The van der Waals surface area contributed by atoms with Crippen molar-refractivity contribution in [2.45, 2.75) is 6.04 Å². The fourth-order valence-corrected chi connectivity index (χ4v) is 3.80. The van der Waals surface area contributed by atoms with Crippen molar-refractivity contribution >= 4 is 32.1 Å². The number of nitrogens with two attached hydrogens (primary N) is 1. The highest BCUT2D eigenvalue weighted by molar-refractivity contribution is 7.26. The molecule has 2 N–H and O–H groups in total. The molecule has 0 aliphatic heterocycles. The van der Waals surface area contributed by atoms with Crippen LogP contribution in [0.5, 0.6) is 0 Å². The molecule has 0 amide bonds. The molecule has 4 nitrogen and oxygen atoms in total. The van der Waals surface area contributed by atoms with E-state index in [1.165, 1.54) is 9.40 Å². The highest BCUT2D eigenvalue weighted by atomic mass is 32.1. The van der Waals surface area contributed by atoms with E-state index in [1.54, 1.807) is 33.6 Å². The van der Waals surface area contributed by atoms with Gasteiger partial charge in [-0.2, -0.15) is 0 Å². The quantitative estimate of drug-likeness (QED) is 0.758. The molecule has 16 heavy (non-hydrogen) atoms. The molecule has 1 unspecified atom stereocenters. The number of fused-ring (bicyclic) bond motifs is 1. The molecule has 3 aromatic heterocycles. The van der Waals surface area contributed by atoms with Crippen LogP contribution >= 0.6 is 22.7 Å². The second-order valence-corrected chi connectivity index (χ2v) is 5.62. The minimum Gasteiger partial charge on any atom is -0.318 e. The van der Waals surface area contributed by atoms with Gasteiger partial charge in [0.05, 0.1) is 17.9 Å². The van der Waals surface area contributed by atoms with Gasteiger partial charge in [-0.1, -0.05) is 5.21 Å². The van der Waals surface area contributed by atoms with Gasteiger partial charge in [-0.3, -0.25) is 4.68 Å². The predicted molar refractivity (Wildman–Crippen MR) is 66.7 cm³/mol. The van der Waals surface area contributed by atoms with Crippen molar-refractivity contribution in [1.29, 1.82) is 0 Å². The maximum absolute atomic E-state index is 6.20. The molecule has 0 bridgehead atoms. The van der Waals surface area contributed by atoms with E-state index in [2.05, 4.69) is 27.8 Å². The first-order valence-corrected chi connectivity index (χ1v) is 6.52. The van der Waals surface area contributed by atoms with Gasteiger partial charge in [0, 0.05) is 21.3 Å². The maximum Gasteiger partial charge on any atom is 0.0834 e. The Morgan fingerprint density at radius 1 is 1.44 bits per heavy atom. The summed E-state index contributed by atoms with van der Waals surface area (Å²) in [5.41, 5.74) is 7.14. The van der Waals surface area contributed by atoms with Crippen molar-refractivity contribution in [2.75, 3.05) is 0 Å². The lowest BCUT2D eigenvalue weighted by Crippen LogP contribution is -2.14. The molecule has 6 heteroatoms. The Kier molecular flexibility index (Phi) is 2.27. The number of hydrogen-bond acceptors (Lipinski definition) is 5. The summed E-state index contributed by atoms with van der Waals surface area (Å²) in [6.07, 6.45) is 1.72. The molecule has 3 rings (SSSR count). The molecule has 3 heterocycles. The van der Waals surface area contributed by atoms with E-state index in [0.717, 1.165) is 10.6 Å². The van der Waals surface area contributed by atoms with Gasteiger partial charge in [0.1, 0.15) is 0 Å². The lowest BCUT2D eigenvalue weighted by molar-refractivity contribution is 0.654. The molecule has 0 aliphatic rings. The monoisotopic (exact) mass is 250 g/mol. The molecule has 0 saturated carbocycles. The number of thiophene rings is 2. The van der Waals surface area contributed by atoms with E-state index in [4.69, 9.17) is 5.73 Å². The minimum absolute atomic E-state index is 0.135. The average molecular weight is 250 g/mol. The number of aromatic nitrogens is 3. The van der Waals surface area contributed by atoms with E-state index < -0.39 is 0 Å². The van der Waals surface area contributed by atoms with Gasteiger partial charge >= 0.3 is 0 Å². The van der Waals surface area contributed by atoms with E-state index in [9.17, 15) is 0 Å². The Morgan fingerprint density at radius 2 is 2.31 bits per heavy atom. The predicted octanol–water partition coefficient (Wildman–Crippen LogP) is 2.14. The Bertz CT molecular complexity index is 593. The Hall–Kier alpha value is -1.24. The summed E-state index contributed by atoms with van der Waals surface area (Å²) in [6.45, 7) is 0. The lowest BCUT2D eigenvalue weighted by Gasteiger charge is -2.08. The number of rotatable bonds is 2. The smallest absolute Gasteiger partial charge is 0.0834 e. The Labute approximate surface area is 100 Å². The van der Waals surface area contributed by atoms with Gasteiger partial charge in [-0.05, 0) is 17.5 Å². The van der Waals surface area contributed by atoms with Crippen molar-refractivity contribution < 1.29 is 0 Å². The molecule has 0 spiro atoms. The van der Waals surface area contributed by atoms with Crippen LogP contribution < -0.4 is 5.73 Å². The summed E-state index contributed by atoms with van der Waals surface area (Å²) in [5, 5.41) is 9.85. The van der Waals surface area contributed by atoms with Gasteiger partial charge in [-0.25, -0.2) is 0 Å². The summed E-state index contributed by atoms with van der Waals surface area (Å²) in [5.74, 6) is 0. The van der Waals surface area contributed by atoms with Crippen LogP contribution in [0.25, 0.3) is 9.40 Å². The fourth-order valence-electron chi connectivity index (χ4n) is 1.66. The van der Waals surface area contributed by atoms with Crippen molar-refractivity contribution in [1.82, 2.24) is 15.0 Å². The summed E-state index contributed by atoms with van der Waals surface area (Å²) < 4.78 is 4.31. The van der Waals surface area contributed by atoms with Crippen molar-refractivity contribution in [2.24, 2.45) is 12.8 Å². The molecular weight excluding hydrogens is 240 g/mol. The van der Waals surface area contributed by atoms with Gasteiger partial charge in [0.25, 0.3) is 0 Å². The van der Waals surface area contributed by atoms with Crippen LogP contribution in [0.1, 0.15) is 16.6 Å². The number of hydrogen-bond donors (Lipinski definition) is 1. The summed E-state index contributed by atoms with van der Waals surface area (Å²) in [6, 6.07) is 4.15. The highest BCUT2D eigenvalue weighted by Gasteiger charge is 2.16. The van der Waals surface area contributed by atoms with Crippen LogP contribution in [-0.2, 0) is 7.05 Å². The van der Waals surface area contributed by atoms with Gasteiger partial charge in [0.15, 0.2) is 0 Å². The second kappa shape index (κ2) is 3.65. The van der Waals surface area contributed by atoms with Crippen LogP contribution in [0.3, 0.4) is 0 Å². The largest absolute Gasteiger partial charge is 0.318 e. The van der Waals surface area contributed by atoms with E-state index >= 15 is 0 Å². The Morgan fingerprint density at radius 3 is 3.00 bits per heavy atom. The molecular formula is C10H10N4S2. The first kappa shape index (κ1) is 9.95. The zero-order valence-electron chi connectivity index (χ0n) is 8.62. The molecule has 0 aliphatic carbocycles. The molecule has 0 aromatic carbocycles. The third-order valence-corrected chi connectivity index (χ3v) is 4.71. The standard InChI is InChI=1S/C10H10N4S2/c1-14-6(5-12-13-14)10(11)9-4-8-7(16-9)2-3-15-8/h2-5,10H,11H2,1H3. The van der Waals surface area contributed by atoms with Crippen LogP contribution in [-0.4, -0.2) is 15.0 Å². The molecule has 82 valence electrons. The van der Waals surface area contributed by atoms with Crippen molar-refractivity contribution in [3.8, 4) is 0 Å². The highest BCUT2D eigenvalue weighted by Crippen LogP contribution is 2.34. The third-order valence-electron chi connectivity index (χ3n) is 2.53. The van der Waals surface area contributed by atoms with Gasteiger partial charge in [0.2, 0.25) is 0 Å². The lowest BCUT2D eigenvalue weighted by atomic mass is 10.2. The van der Waals surface area contributed by atoms with Gasteiger partial charge in [-0.15, -0.1) is 27.8 Å². The zero-order valence-corrected chi connectivity index (χ0v) is 10.3. The normalized spacial score (nSPS) is 13.4. The van der Waals surface area contributed by atoms with Crippen LogP contribution in [0.15, 0.2) is 23.7 Å². The Balaban J connectivity index is 2.04. The first-order chi connectivity index (χ1) is 7.75. The van der Waals surface area contributed by atoms with Crippen LogP contribution in [0.2, 0.25) is 0 Å². The van der Waals surface area contributed by atoms with Gasteiger partial charge < -0.3 is 5.73 Å². The van der Waals surface area contributed by atoms with Crippen molar-refractivity contribution in [3.05, 3.63) is 34.3 Å². The summed E-state index contributed by atoms with van der Waals surface area (Å²) in [7, 11) is 1.86. The topological polar surface area (TPSA) is 56.7 Å². The van der Waals surface area contributed by atoms with Crippen LogP contribution in [0, 0.1) is 0 Å². The summed E-state index contributed by atoms with van der Waals surface area (Å²) >= 11 is 3.48. The maximum atomic E-state index is 6.20. The molecule has 1 atom stereocenters. The van der Waals surface area contributed by atoms with Crippen LogP contribution in [0.4, 0.5) is 0 Å². The number of nitrogens with zero attached hydrogens (tertiary/aromatic N) is 3. The SMILES string of the molecule is Cn1nncc1C(N)c1cc2sccc2s1. The third kappa shape index (κ3) is 1.46. The van der Waals surface area contributed by atoms with E-state index in [0.29, 0.717) is 0 Å².